The molecule has 4 atom stereocenters. The molecule has 1 aliphatic heterocycles. The van der Waals surface area contributed by atoms with Gasteiger partial charge in [0.25, 0.3) is 0 Å². The van der Waals surface area contributed by atoms with Crippen molar-refractivity contribution in [2.75, 3.05) is 13.6 Å². The van der Waals surface area contributed by atoms with E-state index in [9.17, 15) is 0 Å². The minimum Gasteiger partial charge on any atom is -0.363 e. The Morgan fingerprint density at radius 2 is 1.38 bits per heavy atom. The molecular formula is C11H24NO+. The summed E-state index contributed by atoms with van der Waals surface area (Å²) >= 11 is 0. The zero-order valence-electron chi connectivity index (χ0n) is 9.87. The molecule has 0 aromatic rings. The molecule has 1 fully saturated rings. The fourth-order valence-electron chi connectivity index (χ4n) is 2.47. The van der Waals surface area contributed by atoms with E-state index in [1.54, 1.807) is 0 Å². The van der Waals surface area contributed by atoms with Crippen molar-refractivity contribution in [3.8, 4) is 0 Å². The van der Waals surface area contributed by atoms with Crippen molar-refractivity contribution in [1.82, 2.24) is 0 Å². The molecule has 13 heavy (non-hydrogen) atoms. The molecule has 4 unspecified atom stereocenters. The summed E-state index contributed by atoms with van der Waals surface area (Å²) in [5, 5.41) is 0. The van der Waals surface area contributed by atoms with E-state index in [4.69, 9.17) is 4.74 Å². The summed E-state index contributed by atoms with van der Waals surface area (Å²) < 4.78 is 7.03. The summed E-state index contributed by atoms with van der Waals surface area (Å²) in [5.41, 5.74) is 0. The molecule has 2 nitrogen and oxygen atoms in total. The summed E-state index contributed by atoms with van der Waals surface area (Å²) in [7, 11) is 2.35. The Kier molecular flexibility index (Phi) is 3.03. The van der Waals surface area contributed by atoms with Gasteiger partial charge in [0.05, 0.1) is 13.6 Å². The monoisotopic (exact) mass is 186 g/mol. The first-order chi connectivity index (χ1) is 5.93. The number of ether oxygens (including phenoxy) is 1. The topological polar surface area (TPSA) is 9.23 Å². The molecule has 0 saturated carbocycles. The van der Waals surface area contributed by atoms with Crippen molar-refractivity contribution in [3.05, 3.63) is 0 Å². The number of nitrogens with zero attached hydrogens (tertiary/aromatic N) is 1. The van der Waals surface area contributed by atoms with Crippen molar-refractivity contribution in [1.29, 1.82) is 0 Å². The number of morpholine rings is 1. The number of quaternary nitrogens is 1. The van der Waals surface area contributed by atoms with Crippen molar-refractivity contribution in [3.63, 3.8) is 0 Å². The highest BCUT2D eigenvalue weighted by atomic mass is 16.5. The van der Waals surface area contributed by atoms with Crippen LogP contribution in [0.4, 0.5) is 0 Å². The molecule has 78 valence electrons. The molecule has 0 amide bonds. The van der Waals surface area contributed by atoms with E-state index in [2.05, 4.69) is 41.7 Å². The SMILES string of the molecule is CC[N+]1(C)C(C)C(C)OC(C)C1C. The molecule has 1 aliphatic rings. The normalized spacial score (nSPS) is 52.2. The van der Waals surface area contributed by atoms with Crippen LogP contribution in [0.3, 0.4) is 0 Å². The molecular weight excluding hydrogens is 162 g/mol. The lowest BCUT2D eigenvalue weighted by Crippen LogP contribution is -2.67. The zero-order chi connectivity index (χ0) is 10.2. The van der Waals surface area contributed by atoms with Crippen LogP contribution < -0.4 is 0 Å². The predicted octanol–water partition coefficient (Wildman–Crippen LogP) is 2.04. The summed E-state index contributed by atoms with van der Waals surface area (Å²) in [5.74, 6) is 0. The number of hydrogen-bond acceptors (Lipinski definition) is 1. The second-order valence-electron chi connectivity index (χ2n) is 4.69. The van der Waals surface area contributed by atoms with E-state index >= 15 is 0 Å². The number of hydrogen-bond donors (Lipinski definition) is 0. The third kappa shape index (κ3) is 1.62. The third-order valence-electron chi connectivity index (χ3n) is 4.33. The summed E-state index contributed by atoms with van der Waals surface area (Å²) in [6.45, 7) is 12.5. The van der Waals surface area contributed by atoms with Crippen molar-refractivity contribution in [2.45, 2.75) is 58.9 Å². The molecule has 0 N–H and O–H groups in total. The molecule has 0 aliphatic carbocycles. The number of rotatable bonds is 1. The summed E-state index contributed by atoms with van der Waals surface area (Å²) in [6.07, 6.45) is 0.771. The van der Waals surface area contributed by atoms with Gasteiger partial charge in [0.15, 0.2) is 0 Å². The molecule has 0 aromatic carbocycles. The Morgan fingerprint density at radius 3 is 1.69 bits per heavy atom. The third-order valence-corrected chi connectivity index (χ3v) is 4.33. The van der Waals surface area contributed by atoms with Crippen LogP contribution >= 0.6 is 0 Å². The second kappa shape index (κ2) is 3.58. The molecule has 0 radical (unpaired) electrons. The van der Waals surface area contributed by atoms with E-state index in [0.717, 1.165) is 4.48 Å². The van der Waals surface area contributed by atoms with E-state index in [1.165, 1.54) is 6.54 Å². The van der Waals surface area contributed by atoms with Crippen LogP contribution in [0.5, 0.6) is 0 Å². The lowest BCUT2D eigenvalue weighted by Gasteiger charge is -2.52. The summed E-state index contributed by atoms with van der Waals surface area (Å²) in [4.78, 5) is 0. The highest BCUT2D eigenvalue weighted by molar-refractivity contribution is 4.76. The van der Waals surface area contributed by atoms with Gasteiger partial charge in [-0.1, -0.05) is 0 Å². The van der Waals surface area contributed by atoms with Crippen molar-refractivity contribution >= 4 is 0 Å². The molecule has 0 aromatic heterocycles. The highest BCUT2D eigenvalue weighted by Gasteiger charge is 2.45. The van der Waals surface area contributed by atoms with Gasteiger partial charge < -0.3 is 9.22 Å². The molecule has 1 saturated heterocycles. The first kappa shape index (κ1) is 11.0. The average Bonchev–Trinajstić information content (AvgIpc) is 2.12. The molecule has 0 spiro atoms. The quantitative estimate of drug-likeness (QED) is 0.569. The molecule has 0 bridgehead atoms. The largest absolute Gasteiger partial charge is 0.363 e. The first-order valence-electron chi connectivity index (χ1n) is 5.43. The minimum absolute atomic E-state index is 0.385. The smallest absolute Gasteiger partial charge is 0.112 e. The molecule has 1 heterocycles. The van der Waals surface area contributed by atoms with E-state index in [-0.39, 0.29) is 0 Å². The minimum atomic E-state index is 0.385. The lowest BCUT2D eigenvalue weighted by atomic mass is 9.99. The Morgan fingerprint density at radius 1 is 1.00 bits per heavy atom. The van der Waals surface area contributed by atoms with Crippen LogP contribution in [-0.4, -0.2) is 42.4 Å². The van der Waals surface area contributed by atoms with Gasteiger partial charge in [0.1, 0.15) is 24.3 Å². The van der Waals surface area contributed by atoms with Crippen LogP contribution in [0.1, 0.15) is 34.6 Å². The van der Waals surface area contributed by atoms with Gasteiger partial charge >= 0.3 is 0 Å². The van der Waals surface area contributed by atoms with Gasteiger partial charge in [-0.15, -0.1) is 0 Å². The first-order valence-corrected chi connectivity index (χ1v) is 5.43. The van der Waals surface area contributed by atoms with Gasteiger partial charge in [-0.2, -0.15) is 0 Å². The lowest BCUT2D eigenvalue weighted by molar-refractivity contribution is -0.966. The Hall–Kier alpha value is -0.0800. The van der Waals surface area contributed by atoms with Crippen LogP contribution in [-0.2, 0) is 4.74 Å². The molecule has 2 heteroatoms. The fraction of sp³-hybridized carbons (Fsp3) is 1.00. The maximum Gasteiger partial charge on any atom is 0.112 e. The van der Waals surface area contributed by atoms with Crippen molar-refractivity contribution in [2.24, 2.45) is 0 Å². The van der Waals surface area contributed by atoms with Gasteiger partial charge in [-0.3, -0.25) is 0 Å². The highest BCUT2D eigenvalue weighted by Crippen LogP contribution is 2.29. The van der Waals surface area contributed by atoms with E-state index < -0.39 is 0 Å². The maximum absolute atomic E-state index is 5.89. The van der Waals surface area contributed by atoms with Crippen LogP contribution in [0.15, 0.2) is 0 Å². The zero-order valence-corrected chi connectivity index (χ0v) is 9.87. The van der Waals surface area contributed by atoms with Crippen LogP contribution in [0.2, 0.25) is 0 Å². The predicted molar refractivity (Wildman–Crippen MR) is 55.7 cm³/mol. The Bertz CT molecular complexity index is 167. The standard InChI is InChI=1S/C11H24NO/c1-7-12(6)8(2)10(4)13-11(5)9(12)3/h8-11H,7H2,1-6H3/q+1. The van der Waals surface area contributed by atoms with Crippen LogP contribution in [0.25, 0.3) is 0 Å². The Labute approximate surface area is 82.5 Å². The molecule has 1 rings (SSSR count). The van der Waals surface area contributed by atoms with Crippen LogP contribution in [0, 0.1) is 0 Å². The van der Waals surface area contributed by atoms with Gasteiger partial charge in [0.2, 0.25) is 0 Å². The second-order valence-corrected chi connectivity index (χ2v) is 4.69. The van der Waals surface area contributed by atoms with Gasteiger partial charge in [0, 0.05) is 0 Å². The maximum atomic E-state index is 5.89. The average molecular weight is 186 g/mol. The Balaban J connectivity index is 2.88. The fourth-order valence-corrected chi connectivity index (χ4v) is 2.47. The number of likely N-dealkylation sites (N-methyl/N-ethyl adjacent to an activating group) is 1. The van der Waals surface area contributed by atoms with Crippen molar-refractivity contribution < 1.29 is 9.22 Å². The van der Waals surface area contributed by atoms with Gasteiger partial charge in [-0.25, -0.2) is 0 Å². The van der Waals surface area contributed by atoms with Gasteiger partial charge in [-0.05, 0) is 34.6 Å². The summed E-state index contributed by atoms with van der Waals surface area (Å²) in [6, 6.07) is 1.22. The van der Waals surface area contributed by atoms with E-state index in [1.807, 2.05) is 0 Å². The van der Waals surface area contributed by atoms with E-state index in [0.29, 0.717) is 24.3 Å².